The van der Waals surface area contributed by atoms with Crippen LogP contribution in [-0.4, -0.2) is 62.8 Å². The van der Waals surface area contributed by atoms with Gasteiger partial charge in [0.25, 0.3) is 5.91 Å². The van der Waals surface area contributed by atoms with E-state index in [-0.39, 0.29) is 29.5 Å². The number of morpholine rings is 1. The van der Waals surface area contributed by atoms with Crippen LogP contribution < -0.4 is 15.9 Å². The van der Waals surface area contributed by atoms with E-state index in [9.17, 15) is 27.9 Å². The predicted octanol–water partition coefficient (Wildman–Crippen LogP) is 1.97. The second-order valence-corrected chi connectivity index (χ2v) is 7.74. The fourth-order valence-corrected chi connectivity index (χ4v) is 3.61. The number of amides is 1. The number of hydrogen-bond donors (Lipinski definition) is 2. The molecule has 0 unspecified atom stereocenters. The van der Waals surface area contributed by atoms with Gasteiger partial charge in [0.05, 0.1) is 31.1 Å². The van der Waals surface area contributed by atoms with Crippen LogP contribution in [0.4, 0.5) is 13.2 Å². The third kappa shape index (κ3) is 5.63. The summed E-state index contributed by atoms with van der Waals surface area (Å²) in [6.07, 6.45) is -3.40. The number of imidazole rings is 1. The van der Waals surface area contributed by atoms with Crippen molar-refractivity contribution in [3.05, 3.63) is 70.0 Å². The van der Waals surface area contributed by atoms with Gasteiger partial charge in [0.15, 0.2) is 0 Å². The van der Waals surface area contributed by atoms with Crippen molar-refractivity contribution in [1.82, 2.24) is 24.6 Å². The van der Waals surface area contributed by atoms with Crippen LogP contribution in [-0.2, 0) is 11.3 Å². The Kier molecular flexibility index (Phi) is 6.80. The molecule has 3 heterocycles. The van der Waals surface area contributed by atoms with Crippen LogP contribution in [0.2, 0.25) is 0 Å². The first kappa shape index (κ1) is 24.3. The number of halogens is 3. The number of nitrogens with zero attached hydrogens (tertiary/aromatic N) is 4. The zero-order valence-corrected chi connectivity index (χ0v) is 18.6. The van der Waals surface area contributed by atoms with Gasteiger partial charge in [0.2, 0.25) is 5.88 Å². The summed E-state index contributed by atoms with van der Waals surface area (Å²) in [6.45, 7) is 3.68. The van der Waals surface area contributed by atoms with Crippen molar-refractivity contribution in [3.63, 3.8) is 0 Å². The fraction of sp³-hybridized carbons (Fsp3) is 0.318. The zero-order chi connectivity index (χ0) is 25.2. The summed E-state index contributed by atoms with van der Waals surface area (Å²) in [5.74, 6) is -1.22. The molecule has 0 spiro atoms. The molecule has 2 N–H and O–H groups in total. The zero-order valence-electron chi connectivity index (χ0n) is 18.6. The average molecular weight is 493 g/mol. The summed E-state index contributed by atoms with van der Waals surface area (Å²) in [5.41, 5.74) is 3.29. The summed E-state index contributed by atoms with van der Waals surface area (Å²) in [5, 5.41) is 12.3. The van der Waals surface area contributed by atoms with Gasteiger partial charge in [-0.05, 0) is 48.9 Å². The van der Waals surface area contributed by atoms with Crippen LogP contribution >= 0.6 is 0 Å². The third-order valence-corrected chi connectivity index (χ3v) is 5.36. The number of rotatable bonds is 6. The van der Waals surface area contributed by atoms with Gasteiger partial charge < -0.3 is 14.6 Å². The quantitative estimate of drug-likeness (QED) is 0.540. The van der Waals surface area contributed by atoms with Crippen LogP contribution in [0.1, 0.15) is 21.7 Å². The van der Waals surface area contributed by atoms with Crippen molar-refractivity contribution in [2.45, 2.75) is 19.8 Å². The maximum atomic E-state index is 13.1. The van der Waals surface area contributed by atoms with Crippen molar-refractivity contribution < 1.29 is 32.5 Å². The normalized spacial score (nSPS) is 14.6. The lowest BCUT2D eigenvalue weighted by atomic mass is 10.2. The maximum Gasteiger partial charge on any atom is 0.573 e. The number of carbonyl (C=O) groups excluding carboxylic acids is 1. The van der Waals surface area contributed by atoms with E-state index in [4.69, 9.17) is 4.74 Å². The van der Waals surface area contributed by atoms with Crippen molar-refractivity contribution >= 4 is 5.91 Å². The largest absolute Gasteiger partial charge is 0.573 e. The van der Waals surface area contributed by atoms with Crippen LogP contribution in [0.3, 0.4) is 0 Å². The minimum absolute atomic E-state index is 0.0286. The highest BCUT2D eigenvalue weighted by molar-refractivity contribution is 5.92. The molecular formula is C22H22F3N5O5. The Bertz CT molecular complexity index is 1260. The van der Waals surface area contributed by atoms with Gasteiger partial charge in [-0.15, -0.1) is 13.2 Å². The Balaban J connectivity index is 1.55. The molecule has 1 saturated heterocycles. The number of aromatic hydroxyl groups is 1. The molecular weight excluding hydrogens is 471 g/mol. The summed E-state index contributed by atoms with van der Waals surface area (Å²) < 4.78 is 48.5. The van der Waals surface area contributed by atoms with Crippen LogP contribution in [0.5, 0.6) is 11.6 Å². The molecule has 0 atom stereocenters. The summed E-state index contributed by atoms with van der Waals surface area (Å²) in [4.78, 5) is 29.7. The number of alkyl halides is 3. The van der Waals surface area contributed by atoms with Crippen LogP contribution in [0.15, 0.2) is 47.4 Å². The molecule has 10 nitrogen and oxygen atoms in total. The van der Waals surface area contributed by atoms with E-state index in [1.54, 1.807) is 17.1 Å². The number of benzene rings is 1. The highest BCUT2D eigenvalue weighted by Crippen LogP contribution is 2.26. The van der Waals surface area contributed by atoms with Gasteiger partial charge in [0.1, 0.15) is 11.4 Å². The number of nitrogens with one attached hydrogen (secondary N) is 1. The minimum Gasteiger partial charge on any atom is -0.493 e. The second-order valence-electron chi connectivity index (χ2n) is 7.74. The fourth-order valence-electron chi connectivity index (χ4n) is 3.61. The van der Waals surface area contributed by atoms with E-state index in [1.807, 2.05) is 0 Å². The van der Waals surface area contributed by atoms with E-state index in [1.165, 1.54) is 29.8 Å². The first-order valence-electron chi connectivity index (χ1n) is 10.6. The number of ether oxygens (including phenoxy) is 2. The highest BCUT2D eigenvalue weighted by atomic mass is 19.4. The van der Waals surface area contributed by atoms with E-state index in [0.717, 1.165) is 16.7 Å². The summed E-state index contributed by atoms with van der Waals surface area (Å²) in [7, 11) is 0. The number of carbonyl (C=O) groups is 1. The number of aromatic nitrogens is 3. The first-order chi connectivity index (χ1) is 16.6. The molecule has 1 fully saturated rings. The lowest BCUT2D eigenvalue weighted by molar-refractivity contribution is -0.274. The topological polar surface area (TPSA) is 111 Å². The second kappa shape index (κ2) is 9.80. The molecule has 3 aromatic rings. The third-order valence-electron chi connectivity index (χ3n) is 5.36. The van der Waals surface area contributed by atoms with E-state index < -0.39 is 23.7 Å². The molecule has 1 aliphatic rings. The molecule has 186 valence electrons. The number of hydrazine groups is 1. The molecule has 1 aliphatic heterocycles. The van der Waals surface area contributed by atoms with E-state index in [2.05, 4.69) is 15.1 Å². The van der Waals surface area contributed by atoms with Crippen LogP contribution in [0.25, 0.3) is 5.69 Å². The lowest BCUT2D eigenvalue weighted by Crippen LogP contribution is -2.48. The first-order valence-corrected chi connectivity index (χ1v) is 10.6. The maximum absolute atomic E-state index is 13.1. The Hall–Kier alpha value is -3.84. The monoisotopic (exact) mass is 493 g/mol. The molecule has 1 aromatic carbocycles. The van der Waals surface area contributed by atoms with Gasteiger partial charge in [-0.1, -0.05) is 0 Å². The molecule has 0 bridgehead atoms. The number of hydrogen-bond acceptors (Lipinski definition) is 7. The predicted molar refractivity (Wildman–Crippen MR) is 116 cm³/mol. The molecule has 4 rings (SSSR count). The van der Waals surface area contributed by atoms with E-state index in [0.29, 0.717) is 31.9 Å². The Morgan fingerprint density at radius 2 is 1.89 bits per heavy atom. The summed E-state index contributed by atoms with van der Waals surface area (Å²) in [6, 6.07) is 7.72. The van der Waals surface area contributed by atoms with Gasteiger partial charge >= 0.3 is 12.1 Å². The molecule has 1 amide bonds. The van der Waals surface area contributed by atoms with Gasteiger partial charge in [-0.3, -0.25) is 19.8 Å². The highest BCUT2D eigenvalue weighted by Gasteiger charge is 2.31. The molecule has 0 aliphatic carbocycles. The SMILES string of the molecule is Cc1c(O)n(-c2ccc(OC(F)(F)F)cc2)c(=O)n1Cc1ccnc(C(=O)NN2CCOCC2)c1. The van der Waals surface area contributed by atoms with Crippen molar-refractivity contribution in [1.29, 1.82) is 0 Å². The Morgan fingerprint density at radius 3 is 2.54 bits per heavy atom. The smallest absolute Gasteiger partial charge is 0.493 e. The van der Waals surface area contributed by atoms with Crippen LogP contribution in [0, 0.1) is 6.92 Å². The Morgan fingerprint density at radius 1 is 1.20 bits per heavy atom. The molecule has 13 heteroatoms. The summed E-state index contributed by atoms with van der Waals surface area (Å²) >= 11 is 0. The van der Waals surface area contributed by atoms with Crippen molar-refractivity contribution in [2.24, 2.45) is 0 Å². The molecule has 0 saturated carbocycles. The van der Waals surface area contributed by atoms with Crippen molar-refractivity contribution in [3.8, 4) is 17.3 Å². The van der Waals surface area contributed by atoms with Gasteiger partial charge in [-0.2, -0.15) is 0 Å². The van der Waals surface area contributed by atoms with E-state index >= 15 is 0 Å². The van der Waals surface area contributed by atoms with Gasteiger partial charge in [-0.25, -0.2) is 14.4 Å². The Labute approximate surface area is 197 Å². The molecule has 35 heavy (non-hydrogen) atoms. The van der Waals surface area contributed by atoms with Crippen molar-refractivity contribution in [2.75, 3.05) is 26.3 Å². The number of pyridine rings is 1. The average Bonchev–Trinajstić information content (AvgIpc) is 3.03. The molecule has 0 radical (unpaired) electrons. The standard InChI is InChI=1S/C22H22F3N5O5/c1-14-20(32)30(16-2-4-17(5-3-16)35-22(23,24)25)21(33)29(14)13-15-6-7-26-18(12-15)19(31)27-28-8-10-34-11-9-28/h2-7,12,32H,8-11,13H2,1H3,(H,27,31). The lowest BCUT2D eigenvalue weighted by Gasteiger charge is -2.26. The molecule has 2 aromatic heterocycles. The minimum atomic E-state index is -4.84. The van der Waals surface area contributed by atoms with Gasteiger partial charge in [0, 0.05) is 19.3 Å².